The van der Waals surface area contributed by atoms with Crippen LogP contribution in [0.1, 0.15) is 102 Å². The van der Waals surface area contributed by atoms with E-state index in [1.165, 1.54) is 24.3 Å². The molecular weight excluding hydrogens is 781 g/mol. The predicted molar refractivity (Wildman–Crippen MR) is 229 cm³/mol. The standard InChI is InChI=1S/C49H54O12/c1-35(2)45(50)57-32-11-7-5-9-30-55-41-23-15-39(16-24-41)48(53)60-43-21-13-37(14-22-43)29-34-59-47(52)38-19-27-44(28-20-38)61-49(54)40-17-25-42(26-18-40)56-31-10-6-8-12-33-58-46(51)36(3)4/h13-28H,1,3,5-12,29-34H2,2,4H3. The number of benzene rings is 4. The van der Waals surface area contributed by atoms with Crippen molar-refractivity contribution in [3.63, 3.8) is 0 Å². The monoisotopic (exact) mass is 834 g/mol. The first-order valence-corrected chi connectivity index (χ1v) is 20.4. The summed E-state index contributed by atoms with van der Waals surface area (Å²) in [6.07, 6.45) is 7.42. The van der Waals surface area contributed by atoms with Crippen LogP contribution in [0.4, 0.5) is 0 Å². The van der Waals surface area contributed by atoms with Crippen molar-refractivity contribution >= 4 is 29.8 Å². The van der Waals surface area contributed by atoms with Crippen molar-refractivity contribution in [3.8, 4) is 23.0 Å². The molecule has 0 atom stereocenters. The van der Waals surface area contributed by atoms with Crippen LogP contribution in [0.3, 0.4) is 0 Å². The highest BCUT2D eigenvalue weighted by molar-refractivity contribution is 5.92. The van der Waals surface area contributed by atoms with E-state index in [1.54, 1.807) is 86.6 Å². The predicted octanol–water partition coefficient (Wildman–Crippen LogP) is 9.64. The van der Waals surface area contributed by atoms with Gasteiger partial charge in [0.05, 0.1) is 49.7 Å². The zero-order chi connectivity index (χ0) is 43.8. The van der Waals surface area contributed by atoms with E-state index in [0.717, 1.165) is 56.9 Å². The number of carbonyl (C=O) groups excluding carboxylic acids is 5. The third kappa shape index (κ3) is 17.6. The van der Waals surface area contributed by atoms with Crippen molar-refractivity contribution in [1.82, 2.24) is 0 Å². The topological polar surface area (TPSA) is 150 Å². The normalized spacial score (nSPS) is 10.5. The van der Waals surface area contributed by atoms with Gasteiger partial charge in [0.25, 0.3) is 0 Å². The Balaban J connectivity index is 1.07. The van der Waals surface area contributed by atoms with Gasteiger partial charge in [-0.05, 0) is 156 Å². The molecule has 0 spiro atoms. The summed E-state index contributed by atoms with van der Waals surface area (Å²) in [5.41, 5.74) is 2.71. The zero-order valence-electron chi connectivity index (χ0n) is 35.0. The van der Waals surface area contributed by atoms with Gasteiger partial charge in [-0.1, -0.05) is 25.3 Å². The third-order valence-electron chi connectivity index (χ3n) is 9.02. The van der Waals surface area contributed by atoms with E-state index in [4.69, 9.17) is 33.2 Å². The lowest BCUT2D eigenvalue weighted by molar-refractivity contribution is -0.139. The Labute approximate surface area is 357 Å². The quantitative estimate of drug-likeness (QED) is 0.0195. The Bertz CT molecular complexity index is 2050. The first-order valence-electron chi connectivity index (χ1n) is 20.4. The minimum absolute atomic E-state index is 0.130. The molecule has 0 bridgehead atoms. The van der Waals surface area contributed by atoms with Crippen molar-refractivity contribution < 1.29 is 57.1 Å². The first-order chi connectivity index (χ1) is 29.5. The van der Waals surface area contributed by atoms with E-state index in [1.807, 2.05) is 0 Å². The molecule has 0 unspecified atom stereocenters. The maximum absolute atomic E-state index is 12.7. The van der Waals surface area contributed by atoms with Gasteiger partial charge in [-0.25, -0.2) is 24.0 Å². The van der Waals surface area contributed by atoms with E-state index in [-0.39, 0.29) is 24.3 Å². The lowest BCUT2D eigenvalue weighted by atomic mass is 10.1. The Morgan fingerprint density at radius 1 is 0.393 bits per heavy atom. The van der Waals surface area contributed by atoms with Gasteiger partial charge < -0.3 is 33.2 Å². The van der Waals surface area contributed by atoms with E-state index < -0.39 is 17.9 Å². The number of carbonyl (C=O) groups is 5. The molecule has 61 heavy (non-hydrogen) atoms. The minimum Gasteiger partial charge on any atom is -0.494 e. The molecule has 0 saturated heterocycles. The number of unbranched alkanes of at least 4 members (excludes halogenated alkanes) is 6. The summed E-state index contributed by atoms with van der Waals surface area (Å²) in [4.78, 5) is 60.8. The summed E-state index contributed by atoms with van der Waals surface area (Å²) < 4.78 is 38.1. The summed E-state index contributed by atoms with van der Waals surface area (Å²) in [6.45, 7) is 12.3. The molecule has 322 valence electrons. The second-order valence-electron chi connectivity index (χ2n) is 14.2. The Hall–Kier alpha value is -6.69. The summed E-state index contributed by atoms with van der Waals surface area (Å²) in [6, 6.07) is 26.5. The van der Waals surface area contributed by atoms with Crippen LogP contribution in [0.5, 0.6) is 23.0 Å². The fraction of sp³-hybridized carbons (Fsp3) is 0.327. The molecule has 4 aromatic carbocycles. The van der Waals surface area contributed by atoms with Crippen LogP contribution in [0.2, 0.25) is 0 Å². The van der Waals surface area contributed by atoms with Crippen LogP contribution in [0.15, 0.2) is 121 Å². The summed E-state index contributed by atoms with van der Waals surface area (Å²) in [5.74, 6) is -0.353. The number of rotatable bonds is 26. The van der Waals surface area contributed by atoms with Gasteiger partial charge >= 0.3 is 29.8 Å². The number of hydrogen-bond acceptors (Lipinski definition) is 12. The number of hydrogen-bond donors (Lipinski definition) is 0. The molecular formula is C49H54O12. The number of esters is 5. The van der Waals surface area contributed by atoms with Gasteiger partial charge in [-0.3, -0.25) is 0 Å². The molecule has 0 amide bonds. The molecule has 4 aromatic rings. The van der Waals surface area contributed by atoms with Crippen LogP contribution in [0, 0.1) is 0 Å². The Kier molecular flexibility index (Phi) is 19.8. The third-order valence-corrected chi connectivity index (χ3v) is 9.02. The average molecular weight is 835 g/mol. The summed E-state index contributed by atoms with van der Waals surface area (Å²) in [7, 11) is 0. The van der Waals surface area contributed by atoms with Crippen LogP contribution < -0.4 is 18.9 Å². The maximum atomic E-state index is 12.7. The molecule has 0 aliphatic carbocycles. The van der Waals surface area contributed by atoms with Gasteiger partial charge in [-0.2, -0.15) is 0 Å². The van der Waals surface area contributed by atoms with E-state index in [2.05, 4.69) is 13.2 Å². The van der Waals surface area contributed by atoms with Gasteiger partial charge in [0.15, 0.2) is 0 Å². The zero-order valence-corrected chi connectivity index (χ0v) is 35.0. The molecule has 0 aliphatic heterocycles. The maximum Gasteiger partial charge on any atom is 0.343 e. The number of ether oxygens (including phenoxy) is 7. The molecule has 0 fully saturated rings. The lowest BCUT2D eigenvalue weighted by Crippen LogP contribution is -2.10. The fourth-order valence-electron chi connectivity index (χ4n) is 5.51. The fourth-order valence-corrected chi connectivity index (χ4v) is 5.51. The van der Waals surface area contributed by atoms with Crippen molar-refractivity contribution in [2.24, 2.45) is 0 Å². The van der Waals surface area contributed by atoms with Crippen molar-refractivity contribution in [2.75, 3.05) is 33.0 Å². The van der Waals surface area contributed by atoms with E-state index >= 15 is 0 Å². The van der Waals surface area contributed by atoms with Gasteiger partial charge in [-0.15, -0.1) is 0 Å². The molecule has 0 saturated carbocycles. The molecule has 0 N–H and O–H groups in total. The smallest absolute Gasteiger partial charge is 0.343 e. The van der Waals surface area contributed by atoms with E-state index in [9.17, 15) is 24.0 Å². The molecule has 0 heterocycles. The van der Waals surface area contributed by atoms with Crippen molar-refractivity contribution in [2.45, 2.75) is 71.6 Å². The largest absolute Gasteiger partial charge is 0.494 e. The van der Waals surface area contributed by atoms with E-state index in [0.29, 0.717) is 77.9 Å². The second kappa shape index (κ2) is 25.7. The highest BCUT2D eigenvalue weighted by atomic mass is 16.5. The van der Waals surface area contributed by atoms with Crippen LogP contribution >= 0.6 is 0 Å². The summed E-state index contributed by atoms with van der Waals surface area (Å²) in [5, 5.41) is 0. The molecule has 4 rings (SSSR count). The van der Waals surface area contributed by atoms with Crippen molar-refractivity contribution in [1.29, 1.82) is 0 Å². The second-order valence-corrected chi connectivity index (χ2v) is 14.2. The molecule has 0 radical (unpaired) electrons. The van der Waals surface area contributed by atoms with Gasteiger partial charge in [0.2, 0.25) is 0 Å². The SMILES string of the molecule is C=C(C)C(=O)OCCCCCCOc1ccc(C(=O)Oc2ccc(CCOC(=O)c3ccc(OC(=O)c4ccc(OCCCCCCOC(=O)C(=C)C)cc4)cc3)cc2)cc1. The van der Waals surface area contributed by atoms with Crippen LogP contribution in [-0.4, -0.2) is 62.9 Å². The van der Waals surface area contributed by atoms with Gasteiger partial charge in [0, 0.05) is 17.6 Å². The highest BCUT2D eigenvalue weighted by Gasteiger charge is 2.13. The molecule has 12 heteroatoms. The Morgan fingerprint density at radius 2 is 0.738 bits per heavy atom. The minimum atomic E-state index is -0.549. The highest BCUT2D eigenvalue weighted by Crippen LogP contribution is 2.20. The van der Waals surface area contributed by atoms with Crippen LogP contribution in [0.25, 0.3) is 0 Å². The van der Waals surface area contributed by atoms with Crippen molar-refractivity contribution in [3.05, 3.63) is 144 Å². The Morgan fingerprint density at radius 3 is 1.13 bits per heavy atom. The molecule has 0 aliphatic rings. The summed E-state index contributed by atoms with van der Waals surface area (Å²) >= 11 is 0. The van der Waals surface area contributed by atoms with Crippen LogP contribution in [-0.2, 0) is 30.2 Å². The molecule has 12 nitrogen and oxygen atoms in total. The first kappa shape index (κ1) is 47.0. The molecule has 0 aromatic heterocycles. The average Bonchev–Trinajstić information content (AvgIpc) is 3.26. The lowest BCUT2D eigenvalue weighted by Gasteiger charge is -2.09. The van der Waals surface area contributed by atoms with Gasteiger partial charge in [0.1, 0.15) is 23.0 Å².